The smallest absolute Gasteiger partial charge is 0.232 e. The van der Waals surface area contributed by atoms with E-state index in [4.69, 9.17) is 14.2 Å². The van der Waals surface area contributed by atoms with Crippen molar-refractivity contribution >= 4 is 28.3 Å². The predicted molar refractivity (Wildman–Crippen MR) is 98.3 cm³/mol. The first-order valence-electron chi connectivity index (χ1n) is 8.13. The molecule has 1 aromatic heterocycles. The van der Waals surface area contributed by atoms with Gasteiger partial charge in [-0.05, 0) is 12.1 Å². The number of anilines is 1. The van der Waals surface area contributed by atoms with Gasteiger partial charge in [0.15, 0.2) is 11.5 Å². The van der Waals surface area contributed by atoms with Gasteiger partial charge in [0.05, 0.1) is 33.3 Å². The van der Waals surface area contributed by atoms with Crippen molar-refractivity contribution in [1.29, 1.82) is 0 Å². The van der Waals surface area contributed by atoms with E-state index >= 15 is 0 Å². The quantitative estimate of drug-likeness (QED) is 0.798. The van der Waals surface area contributed by atoms with Crippen LogP contribution in [0.2, 0.25) is 0 Å². The molecule has 0 radical (unpaired) electrons. The van der Waals surface area contributed by atoms with Crippen molar-refractivity contribution < 1.29 is 23.8 Å². The lowest BCUT2D eigenvalue weighted by Crippen LogP contribution is -2.30. The SMILES string of the molecule is COc1ccc([C@H]2[C@H](C(=O)Nc3nncs3)CC(=O)N2C)c(OC)c1OC. The van der Waals surface area contributed by atoms with E-state index in [1.54, 1.807) is 24.1 Å². The zero-order valence-electron chi connectivity index (χ0n) is 15.4. The van der Waals surface area contributed by atoms with Crippen molar-refractivity contribution in [2.24, 2.45) is 5.92 Å². The molecule has 2 atom stereocenters. The minimum Gasteiger partial charge on any atom is -0.493 e. The minimum absolute atomic E-state index is 0.0866. The van der Waals surface area contributed by atoms with Crippen LogP contribution in [-0.4, -0.2) is 55.3 Å². The van der Waals surface area contributed by atoms with E-state index in [1.807, 2.05) is 0 Å². The summed E-state index contributed by atoms with van der Waals surface area (Å²) in [6.45, 7) is 0. The van der Waals surface area contributed by atoms with Crippen LogP contribution < -0.4 is 19.5 Å². The number of nitrogens with zero attached hydrogens (tertiary/aromatic N) is 3. The molecule has 9 nitrogen and oxygen atoms in total. The third-order valence-corrected chi connectivity index (χ3v) is 5.17. The Balaban J connectivity index is 2.01. The Morgan fingerprint density at radius 3 is 2.56 bits per heavy atom. The number of hydrogen-bond acceptors (Lipinski definition) is 8. The second-order valence-electron chi connectivity index (χ2n) is 5.92. The van der Waals surface area contributed by atoms with E-state index in [9.17, 15) is 9.59 Å². The average Bonchev–Trinajstić information content (AvgIpc) is 3.28. The Hall–Kier alpha value is -2.88. The van der Waals surface area contributed by atoms with E-state index in [-0.39, 0.29) is 18.2 Å². The fourth-order valence-corrected chi connectivity index (χ4v) is 3.76. The summed E-state index contributed by atoms with van der Waals surface area (Å²) >= 11 is 1.21. The third kappa shape index (κ3) is 3.39. The highest BCUT2D eigenvalue weighted by Crippen LogP contribution is 2.47. The zero-order valence-corrected chi connectivity index (χ0v) is 16.2. The van der Waals surface area contributed by atoms with Crippen LogP contribution in [0.5, 0.6) is 17.2 Å². The highest BCUT2D eigenvalue weighted by atomic mass is 32.1. The first-order chi connectivity index (χ1) is 13.0. The third-order valence-electron chi connectivity index (χ3n) is 4.57. The molecule has 1 aromatic carbocycles. The lowest BCUT2D eigenvalue weighted by atomic mass is 9.92. The lowest BCUT2D eigenvalue weighted by Gasteiger charge is -2.27. The molecule has 2 amide bonds. The largest absolute Gasteiger partial charge is 0.493 e. The molecule has 1 saturated heterocycles. The molecule has 3 rings (SSSR count). The fourth-order valence-electron chi connectivity index (χ4n) is 3.31. The van der Waals surface area contributed by atoms with Crippen molar-refractivity contribution in [2.75, 3.05) is 33.7 Å². The minimum atomic E-state index is -0.613. The molecule has 27 heavy (non-hydrogen) atoms. The van der Waals surface area contributed by atoms with Crippen molar-refractivity contribution in [1.82, 2.24) is 15.1 Å². The number of amides is 2. The van der Waals surface area contributed by atoms with Gasteiger partial charge in [-0.1, -0.05) is 11.3 Å². The molecule has 2 heterocycles. The number of hydrogen-bond donors (Lipinski definition) is 1. The van der Waals surface area contributed by atoms with Crippen LogP contribution in [0.4, 0.5) is 5.13 Å². The standard InChI is InChI=1S/C17H20N4O5S/c1-21-12(22)7-10(16(23)19-17-20-18-8-27-17)13(21)9-5-6-11(24-2)15(26-4)14(9)25-3/h5-6,8,10,13H,7H2,1-4H3,(H,19,20,23)/t10-,13+/m1/s1. The first-order valence-corrected chi connectivity index (χ1v) is 9.01. The molecule has 1 N–H and O–H groups in total. The number of ether oxygens (including phenoxy) is 3. The summed E-state index contributed by atoms with van der Waals surface area (Å²) in [4.78, 5) is 26.7. The highest BCUT2D eigenvalue weighted by molar-refractivity contribution is 7.13. The predicted octanol–water partition coefficient (Wildman–Crippen LogP) is 1.72. The number of methoxy groups -OCH3 is 3. The van der Waals surface area contributed by atoms with Crippen LogP contribution in [0.25, 0.3) is 0 Å². The second-order valence-corrected chi connectivity index (χ2v) is 6.75. The normalized spacial score (nSPS) is 19.1. The van der Waals surface area contributed by atoms with Crippen LogP contribution >= 0.6 is 11.3 Å². The Labute approximate surface area is 160 Å². The highest BCUT2D eigenvalue weighted by Gasteiger charge is 2.44. The number of carbonyl (C=O) groups excluding carboxylic acids is 2. The molecule has 1 aliphatic rings. The monoisotopic (exact) mass is 392 g/mol. The molecule has 0 aliphatic carbocycles. The van der Waals surface area contributed by atoms with Gasteiger partial charge in [-0.2, -0.15) is 0 Å². The van der Waals surface area contributed by atoms with Crippen molar-refractivity contribution in [3.63, 3.8) is 0 Å². The fraction of sp³-hybridized carbons (Fsp3) is 0.412. The number of nitrogens with one attached hydrogen (secondary N) is 1. The summed E-state index contributed by atoms with van der Waals surface area (Å²) in [6.07, 6.45) is 0.0866. The number of rotatable bonds is 6. The maximum atomic E-state index is 12.8. The van der Waals surface area contributed by atoms with E-state index < -0.39 is 12.0 Å². The summed E-state index contributed by atoms with van der Waals surface area (Å²) in [5.74, 6) is 0.296. The van der Waals surface area contributed by atoms with Crippen molar-refractivity contribution in [2.45, 2.75) is 12.5 Å². The molecule has 2 aromatic rings. The Morgan fingerprint density at radius 1 is 1.22 bits per heavy atom. The number of carbonyl (C=O) groups is 2. The van der Waals surface area contributed by atoms with Gasteiger partial charge in [-0.3, -0.25) is 9.59 Å². The lowest BCUT2D eigenvalue weighted by molar-refractivity contribution is -0.128. The topological polar surface area (TPSA) is 103 Å². The maximum absolute atomic E-state index is 12.8. The molecule has 0 unspecified atom stereocenters. The van der Waals surface area contributed by atoms with E-state index in [0.29, 0.717) is 27.9 Å². The number of likely N-dealkylation sites (tertiary alicyclic amines) is 1. The maximum Gasteiger partial charge on any atom is 0.232 e. The van der Waals surface area contributed by atoms with Crippen molar-refractivity contribution in [3.8, 4) is 17.2 Å². The summed E-state index contributed by atoms with van der Waals surface area (Å²) in [5.41, 5.74) is 2.19. The summed E-state index contributed by atoms with van der Waals surface area (Å²) in [6, 6.07) is 3.00. The second kappa shape index (κ2) is 7.78. The molecule has 144 valence electrons. The van der Waals surface area contributed by atoms with E-state index in [2.05, 4.69) is 15.5 Å². The molecule has 10 heteroatoms. The van der Waals surface area contributed by atoms with Crippen LogP contribution in [0.15, 0.2) is 17.6 Å². The van der Waals surface area contributed by atoms with Gasteiger partial charge in [0.25, 0.3) is 0 Å². The van der Waals surface area contributed by atoms with Gasteiger partial charge in [0, 0.05) is 19.0 Å². The molecule has 0 spiro atoms. The van der Waals surface area contributed by atoms with Gasteiger partial charge < -0.3 is 24.4 Å². The van der Waals surface area contributed by atoms with Gasteiger partial charge in [-0.15, -0.1) is 10.2 Å². The Bertz CT molecular complexity index is 842. The molecular weight excluding hydrogens is 372 g/mol. The summed E-state index contributed by atoms with van der Waals surface area (Å²) in [5, 5.41) is 10.6. The van der Waals surface area contributed by atoms with Crippen LogP contribution in [0.3, 0.4) is 0 Å². The van der Waals surface area contributed by atoms with Gasteiger partial charge in [-0.25, -0.2) is 0 Å². The van der Waals surface area contributed by atoms with Gasteiger partial charge >= 0.3 is 0 Å². The molecule has 0 saturated carbocycles. The summed E-state index contributed by atoms with van der Waals surface area (Å²) < 4.78 is 16.3. The van der Waals surface area contributed by atoms with Crippen LogP contribution in [0.1, 0.15) is 18.0 Å². The van der Waals surface area contributed by atoms with Gasteiger partial charge in [0.1, 0.15) is 5.51 Å². The molecule has 1 fully saturated rings. The van der Waals surface area contributed by atoms with E-state index in [1.165, 1.54) is 38.2 Å². The number of benzene rings is 1. The van der Waals surface area contributed by atoms with Crippen LogP contribution in [0, 0.1) is 5.92 Å². The molecule has 0 bridgehead atoms. The average molecular weight is 392 g/mol. The first kappa shape index (κ1) is 18.9. The van der Waals surface area contributed by atoms with Gasteiger partial charge in [0.2, 0.25) is 22.7 Å². The number of aromatic nitrogens is 2. The van der Waals surface area contributed by atoms with Crippen molar-refractivity contribution in [3.05, 3.63) is 23.2 Å². The van der Waals surface area contributed by atoms with E-state index in [0.717, 1.165) is 0 Å². The summed E-state index contributed by atoms with van der Waals surface area (Å²) in [7, 11) is 6.21. The Kier molecular flexibility index (Phi) is 5.45. The zero-order chi connectivity index (χ0) is 19.6. The molecule has 1 aliphatic heterocycles. The molecular formula is C17H20N4O5S. The Morgan fingerprint density at radius 2 is 1.96 bits per heavy atom. The van der Waals surface area contributed by atoms with Crippen LogP contribution in [-0.2, 0) is 9.59 Å².